The van der Waals surface area contributed by atoms with Crippen LogP contribution < -0.4 is 11.3 Å². The Kier molecular flexibility index (Phi) is 4.16. The Bertz CT molecular complexity index is 573. The van der Waals surface area contributed by atoms with Crippen LogP contribution >= 0.6 is 0 Å². The van der Waals surface area contributed by atoms with Gasteiger partial charge in [0, 0.05) is 11.8 Å². The van der Waals surface area contributed by atoms with Crippen molar-refractivity contribution in [3.8, 4) is 0 Å². The van der Waals surface area contributed by atoms with Crippen LogP contribution in [0.4, 0.5) is 4.39 Å². The Morgan fingerprint density at radius 3 is 2.30 bits per heavy atom. The molecule has 3 nitrogen and oxygen atoms in total. The number of nitrogens with one attached hydrogen (secondary N) is 1. The minimum atomic E-state index is -0.382. The summed E-state index contributed by atoms with van der Waals surface area (Å²) in [4.78, 5) is 3.76. The second kappa shape index (κ2) is 5.69. The zero-order valence-corrected chi connectivity index (χ0v) is 12.0. The molecule has 3 N–H and O–H groups in total. The molecule has 4 heteroatoms. The van der Waals surface area contributed by atoms with Gasteiger partial charge in [0.15, 0.2) is 0 Å². The normalized spacial score (nSPS) is 13.2. The monoisotopic (exact) mass is 273 g/mol. The Morgan fingerprint density at radius 2 is 1.80 bits per heavy atom. The number of benzene rings is 1. The molecule has 106 valence electrons. The highest BCUT2D eigenvalue weighted by Gasteiger charge is 2.18. The smallest absolute Gasteiger partial charge is 0.146 e. The highest BCUT2D eigenvalue weighted by atomic mass is 19.1. The number of nitrogens with two attached hydrogens (primary N) is 1. The Morgan fingerprint density at radius 1 is 1.15 bits per heavy atom. The molecule has 0 saturated carbocycles. The van der Waals surface area contributed by atoms with Gasteiger partial charge in [0.05, 0.1) is 12.2 Å². The summed E-state index contributed by atoms with van der Waals surface area (Å²) in [5, 5.41) is 0. The molecule has 0 saturated heterocycles. The quantitative estimate of drug-likeness (QED) is 0.667. The molecule has 2 rings (SSSR count). The average molecular weight is 273 g/mol. The number of hydrazine groups is 1. The van der Waals surface area contributed by atoms with Crippen LogP contribution in [0.15, 0.2) is 42.7 Å². The molecule has 20 heavy (non-hydrogen) atoms. The van der Waals surface area contributed by atoms with Crippen molar-refractivity contribution in [2.45, 2.75) is 32.2 Å². The van der Waals surface area contributed by atoms with E-state index in [0.717, 1.165) is 5.56 Å². The van der Waals surface area contributed by atoms with Crippen LogP contribution in [0.3, 0.4) is 0 Å². The third kappa shape index (κ3) is 3.03. The molecule has 0 aliphatic carbocycles. The molecule has 2 aromatic rings. The predicted molar refractivity (Wildman–Crippen MR) is 78.5 cm³/mol. The highest BCUT2D eigenvalue weighted by molar-refractivity contribution is 5.35. The van der Waals surface area contributed by atoms with Crippen molar-refractivity contribution in [1.82, 2.24) is 10.4 Å². The van der Waals surface area contributed by atoms with Crippen LogP contribution in [-0.2, 0) is 5.41 Å². The van der Waals surface area contributed by atoms with Gasteiger partial charge in [-0.15, -0.1) is 0 Å². The maximum absolute atomic E-state index is 13.8. The van der Waals surface area contributed by atoms with E-state index in [9.17, 15) is 4.39 Å². The number of nitrogens with zero attached hydrogens (tertiary/aromatic N) is 1. The van der Waals surface area contributed by atoms with Crippen LogP contribution in [0.5, 0.6) is 0 Å². The summed E-state index contributed by atoms with van der Waals surface area (Å²) < 4.78 is 13.8. The van der Waals surface area contributed by atoms with Crippen LogP contribution in [-0.4, -0.2) is 4.98 Å². The molecule has 0 radical (unpaired) electrons. The van der Waals surface area contributed by atoms with Gasteiger partial charge in [0.25, 0.3) is 0 Å². The summed E-state index contributed by atoms with van der Waals surface area (Å²) in [7, 11) is 0. The second-order valence-electron chi connectivity index (χ2n) is 5.87. The van der Waals surface area contributed by atoms with E-state index in [-0.39, 0.29) is 17.3 Å². The maximum Gasteiger partial charge on any atom is 0.146 e. The Balaban J connectivity index is 2.36. The first-order chi connectivity index (χ1) is 9.43. The minimum absolute atomic E-state index is 0.0894. The van der Waals surface area contributed by atoms with Gasteiger partial charge in [-0.2, -0.15) is 0 Å². The van der Waals surface area contributed by atoms with E-state index >= 15 is 0 Å². The average Bonchev–Trinajstić information content (AvgIpc) is 2.41. The Hall–Kier alpha value is -1.78. The molecule has 1 heterocycles. The number of hydrogen-bond acceptors (Lipinski definition) is 3. The molecule has 0 spiro atoms. The van der Waals surface area contributed by atoms with Gasteiger partial charge in [-0.1, -0.05) is 45.0 Å². The lowest BCUT2D eigenvalue weighted by atomic mass is 9.86. The number of hydrogen-bond donors (Lipinski definition) is 2. The number of pyridine rings is 1. The highest BCUT2D eigenvalue weighted by Crippen LogP contribution is 2.27. The number of rotatable bonds is 3. The van der Waals surface area contributed by atoms with Gasteiger partial charge < -0.3 is 0 Å². The fourth-order valence-corrected chi connectivity index (χ4v) is 2.16. The Labute approximate surface area is 119 Å². The summed E-state index contributed by atoms with van der Waals surface area (Å²) >= 11 is 0. The molecular formula is C16H20FN3. The van der Waals surface area contributed by atoms with Crippen LogP contribution in [0.1, 0.15) is 43.5 Å². The third-order valence-corrected chi connectivity index (χ3v) is 3.39. The molecule has 1 aromatic carbocycles. The van der Waals surface area contributed by atoms with Crippen molar-refractivity contribution in [1.29, 1.82) is 0 Å². The predicted octanol–water partition coefficient (Wildman–Crippen LogP) is 3.07. The van der Waals surface area contributed by atoms with Gasteiger partial charge in [-0.3, -0.25) is 10.8 Å². The molecule has 0 aliphatic heterocycles. The zero-order chi connectivity index (χ0) is 14.8. The number of halogens is 1. The van der Waals surface area contributed by atoms with E-state index in [1.165, 1.54) is 11.8 Å². The topological polar surface area (TPSA) is 50.9 Å². The first kappa shape index (κ1) is 14.6. The minimum Gasteiger partial charge on any atom is -0.271 e. The van der Waals surface area contributed by atoms with E-state index in [0.29, 0.717) is 5.56 Å². The van der Waals surface area contributed by atoms with E-state index in [1.54, 1.807) is 12.3 Å². The van der Waals surface area contributed by atoms with E-state index in [1.807, 2.05) is 12.1 Å². The van der Waals surface area contributed by atoms with E-state index in [2.05, 4.69) is 43.3 Å². The van der Waals surface area contributed by atoms with Crippen molar-refractivity contribution in [2.24, 2.45) is 5.84 Å². The van der Waals surface area contributed by atoms with Crippen LogP contribution in [0, 0.1) is 5.82 Å². The second-order valence-corrected chi connectivity index (χ2v) is 5.87. The van der Waals surface area contributed by atoms with Gasteiger partial charge in [-0.25, -0.2) is 9.82 Å². The molecule has 1 aromatic heterocycles. The SMILES string of the molecule is CC(C)(C)c1ccc(C(NN)c2ccncc2F)cc1. The van der Waals surface area contributed by atoms with Crippen LogP contribution in [0.25, 0.3) is 0 Å². The third-order valence-electron chi connectivity index (χ3n) is 3.39. The molecule has 0 amide bonds. The molecule has 1 unspecified atom stereocenters. The molecule has 1 atom stereocenters. The summed E-state index contributed by atoms with van der Waals surface area (Å²) in [6.45, 7) is 6.47. The summed E-state index contributed by atoms with van der Waals surface area (Å²) in [5.74, 6) is 5.23. The maximum atomic E-state index is 13.8. The number of aromatic nitrogens is 1. The molecule has 0 fully saturated rings. The largest absolute Gasteiger partial charge is 0.271 e. The zero-order valence-electron chi connectivity index (χ0n) is 12.0. The van der Waals surface area contributed by atoms with Crippen molar-refractivity contribution in [3.05, 3.63) is 65.2 Å². The molecular weight excluding hydrogens is 253 g/mol. The van der Waals surface area contributed by atoms with Gasteiger partial charge >= 0.3 is 0 Å². The van der Waals surface area contributed by atoms with Crippen molar-refractivity contribution >= 4 is 0 Å². The molecule has 0 aliphatic rings. The summed E-state index contributed by atoms with van der Waals surface area (Å²) in [6, 6.07) is 9.32. The van der Waals surface area contributed by atoms with Crippen molar-refractivity contribution < 1.29 is 4.39 Å². The first-order valence-electron chi connectivity index (χ1n) is 6.59. The lowest BCUT2D eigenvalue weighted by Crippen LogP contribution is -2.29. The van der Waals surface area contributed by atoms with Gasteiger partial charge in [0.1, 0.15) is 5.82 Å². The summed E-state index contributed by atoms with van der Waals surface area (Å²) in [6.07, 6.45) is 2.76. The van der Waals surface area contributed by atoms with Gasteiger partial charge in [-0.05, 0) is 22.6 Å². The van der Waals surface area contributed by atoms with E-state index in [4.69, 9.17) is 5.84 Å². The fourth-order valence-electron chi connectivity index (χ4n) is 2.16. The van der Waals surface area contributed by atoms with Crippen LogP contribution in [0.2, 0.25) is 0 Å². The lowest BCUT2D eigenvalue weighted by Gasteiger charge is -2.21. The first-order valence-corrected chi connectivity index (χ1v) is 6.59. The van der Waals surface area contributed by atoms with Crippen molar-refractivity contribution in [3.63, 3.8) is 0 Å². The van der Waals surface area contributed by atoms with Crippen molar-refractivity contribution in [2.75, 3.05) is 0 Å². The van der Waals surface area contributed by atoms with Gasteiger partial charge in [0.2, 0.25) is 0 Å². The molecule has 0 bridgehead atoms. The standard InChI is InChI=1S/C16H20FN3/c1-16(2,3)12-6-4-11(5-7-12)15(20-18)13-8-9-19-10-14(13)17/h4-10,15,20H,18H2,1-3H3. The lowest BCUT2D eigenvalue weighted by molar-refractivity contribution is 0.554. The van der Waals surface area contributed by atoms with E-state index < -0.39 is 0 Å². The summed E-state index contributed by atoms with van der Waals surface area (Å²) in [5.41, 5.74) is 5.40. The fraction of sp³-hybridized carbons (Fsp3) is 0.312.